The first-order chi connectivity index (χ1) is 9.01. The summed E-state index contributed by atoms with van der Waals surface area (Å²) in [5, 5.41) is 5.80. The zero-order valence-electron chi connectivity index (χ0n) is 12.4. The number of hydrogen-bond acceptors (Lipinski definition) is 4. The molecule has 1 saturated heterocycles. The molecular formula is C14H26N4S. The first-order valence-corrected chi connectivity index (χ1v) is 8.09. The van der Waals surface area contributed by atoms with E-state index in [1.54, 1.807) is 0 Å². The molecule has 3 unspecified atom stereocenters. The SMILES string of the molecule is CC1CN(C(CN)c2cnn(C(C)C)c2)CC(C)S1. The third kappa shape index (κ3) is 3.52. The lowest BCUT2D eigenvalue weighted by atomic mass is 10.1. The van der Waals surface area contributed by atoms with E-state index in [9.17, 15) is 0 Å². The average molecular weight is 282 g/mol. The van der Waals surface area contributed by atoms with Gasteiger partial charge in [-0.2, -0.15) is 16.9 Å². The van der Waals surface area contributed by atoms with E-state index < -0.39 is 0 Å². The van der Waals surface area contributed by atoms with E-state index in [0.29, 0.717) is 29.1 Å². The van der Waals surface area contributed by atoms with Crippen LogP contribution in [0.1, 0.15) is 45.3 Å². The zero-order chi connectivity index (χ0) is 14.0. The normalized spacial score (nSPS) is 26.8. The molecule has 0 aliphatic carbocycles. The molecule has 0 aromatic carbocycles. The zero-order valence-corrected chi connectivity index (χ0v) is 13.2. The van der Waals surface area contributed by atoms with Gasteiger partial charge in [0.2, 0.25) is 0 Å². The molecule has 1 aliphatic heterocycles. The maximum Gasteiger partial charge on any atom is 0.0538 e. The van der Waals surface area contributed by atoms with Gasteiger partial charge in [-0.1, -0.05) is 13.8 Å². The van der Waals surface area contributed by atoms with Crippen molar-refractivity contribution in [1.82, 2.24) is 14.7 Å². The number of rotatable bonds is 4. The Balaban J connectivity index is 2.14. The predicted octanol–water partition coefficient (Wildman–Crippen LogP) is 2.29. The Hall–Kier alpha value is -0.520. The molecule has 19 heavy (non-hydrogen) atoms. The molecular weight excluding hydrogens is 256 g/mol. The Morgan fingerprint density at radius 2 is 2.00 bits per heavy atom. The summed E-state index contributed by atoms with van der Waals surface area (Å²) in [4.78, 5) is 2.52. The topological polar surface area (TPSA) is 47.1 Å². The lowest BCUT2D eigenvalue weighted by Gasteiger charge is -2.39. The van der Waals surface area contributed by atoms with Crippen molar-refractivity contribution in [2.24, 2.45) is 5.73 Å². The molecule has 0 radical (unpaired) electrons. The van der Waals surface area contributed by atoms with Gasteiger partial charge in [0.25, 0.3) is 0 Å². The summed E-state index contributed by atoms with van der Waals surface area (Å²) in [5.41, 5.74) is 7.28. The molecule has 108 valence electrons. The average Bonchev–Trinajstić information content (AvgIpc) is 2.78. The van der Waals surface area contributed by atoms with E-state index in [0.717, 1.165) is 13.1 Å². The van der Waals surface area contributed by atoms with Crippen molar-refractivity contribution < 1.29 is 0 Å². The Morgan fingerprint density at radius 3 is 2.47 bits per heavy atom. The van der Waals surface area contributed by atoms with Crippen LogP contribution in [0.3, 0.4) is 0 Å². The summed E-state index contributed by atoms with van der Waals surface area (Å²) in [6, 6.07) is 0.709. The highest BCUT2D eigenvalue weighted by Crippen LogP contribution is 2.30. The third-order valence-electron chi connectivity index (χ3n) is 3.65. The molecule has 4 nitrogen and oxygen atoms in total. The molecule has 3 atom stereocenters. The highest BCUT2D eigenvalue weighted by molar-refractivity contribution is 8.00. The van der Waals surface area contributed by atoms with Gasteiger partial charge < -0.3 is 5.73 Å². The molecule has 1 aromatic heterocycles. The summed E-state index contributed by atoms with van der Waals surface area (Å²) in [6.45, 7) is 11.8. The maximum atomic E-state index is 6.03. The summed E-state index contributed by atoms with van der Waals surface area (Å²) >= 11 is 2.07. The van der Waals surface area contributed by atoms with E-state index in [-0.39, 0.29) is 0 Å². The van der Waals surface area contributed by atoms with Gasteiger partial charge in [-0.05, 0) is 13.8 Å². The molecule has 1 fully saturated rings. The van der Waals surface area contributed by atoms with Gasteiger partial charge in [-0.25, -0.2) is 0 Å². The van der Waals surface area contributed by atoms with Gasteiger partial charge in [0.1, 0.15) is 0 Å². The van der Waals surface area contributed by atoms with Gasteiger partial charge in [0.05, 0.1) is 12.2 Å². The highest BCUT2D eigenvalue weighted by Gasteiger charge is 2.28. The van der Waals surface area contributed by atoms with Crippen LogP contribution in [-0.4, -0.2) is 44.8 Å². The minimum absolute atomic E-state index is 0.304. The molecule has 5 heteroatoms. The summed E-state index contributed by atoms with van der Waals surface area (Å²) < 4.78 is 2.02. The lowest BCUT2D eigenvalue weighted by molar-refractivity contribution is 0.199. The first-order valence-electron chi connectivity index (χ1n) is 7.15. The Bertz CT molecular complexity index is 394. The van der Waals surface area contributed by atoms with Crippen molar-refractivity contribution >= 4 is 11.8 Å². The van der Waals surface area contributed by atoms with Crippen LogP contribution in [0, 0.1) is 0 Å². The Labute approximate surface area is 120 Å². The van der Waals surface area contributed by atoms with Crippen LogP contribution >= 0.6 is 11.8 Å². The van der Waals surface area contributed by atoms with Gasteiger partial charge in [0, 0.05) is 47.9 Å². The van der Waals surface area contributed by atoms with Crippen molar-refractivity contribution in [3.05, 3.63) is 18.0 Å². The van der Waals surface area contributed by atoms with Crippen molar-refractivity contribution in [2.75, 3.05) is 19.6 Å². The fourth-order valence-electron chi connectivity index (χ4n) is 2.78. The summed E-state index contributed by atoms with van der Waals surface area (Å²) in [5.74, 6) is 0. The van der Waals surface area contributed by atoms with Crippen LogP contribution in [0.2, 0.25) is 0 Å². The molecule has 0 saturated carbocycles. The monoisotopic (exact) mass is 282 g/mol. The second kappa shape index (κ2) is 6.29. The second-order valence-electron chi connectivity index (χ2n) is 5.81. The molecule has 0 amide bonds. The number of nitrogens with two attached hydrogens (primary N) is 1. The molecule has 2 heterocycles. The van der Waals surface area contributed by atoms with E-state index >= 15 is 0 Å². The molecule has 2 N–H and O–H groups in total. The number of nitrogens with zero attached hydrogens (tertiary/aromatic N) is 3. The quantitative estimate of drug-likeness (QED) is 0.920. The molecule has 0 bridgehead atoms. The number of thioether (sulfide) groups is 1. The van der Waals surface area contributed by atoms with Gasteiger partial charge in [-0.3, -0.25) is 9.58 Å². The van der Waals surface area contributed by atoms with Crippen LogP contribution in [0.25, 0.3) is 0 Å². The standard InChI is InChI=1S/C14H26N4S/c1-10(2)18-9-13(6-16-18)14(5-15)17-7-11(3)19-12(4)8-17/h6,9-12,14H,5,7-8,15H2,1-4H3. The molecule has 2 rings (SSSR count). The van der Waals surface area contributed by atoms with Crippen LogP contribution in [0.15, 0.2) is 12.4 Å². The van der Waals surface area contributed by atoms with Crippen LogP contribution in [-0.2, 0) is 0 Å². The highest BCUT2D eigenvalue weighted by atomic mass is 32.2. The second-order valence-corrected chi connectivity index (χ2v) is 7.69. The van der Waals surface area contributed by atoms with Crippen molar-refractivity contribution in [3.8, 4) is 0 Å². The summed E-state index contributed by atoms with van der Waals surface area (Å²) in [7, 11) is 0. The first kappa shape index (κ1) is 14.9. The molecule has 1 aromatic rings. The van der Waals surface area contributed by atoms with E-state index in [4.69, 9.17) is 5.73 Å². The molecule has 1 aliphatic rings. The van der Waals surface area contributed by atoms with Gasteiger partial charge in [0.15, 0.2) is 0 Å². The van der Waals surface area contributed by atoms with Crippen LogP contribution in [0.4, 0.5) is 0 Å². The van der Waals surface area contributed by atoms with E-state index in [2.05, 4.69) is 55.7 Å². The Kier molecular flexibility index (Phi) is 4.92. The van der Waals surface area contributed by atoms with E-state index in [1.165, 1.54) is 5.56 Å². The van der Waals surface area contributed by atoms with Crippen molar-refractivity contribution in [3.63, 3.8) is 0 Å². The Morgan fingerprint density at radius 1 is 1.37 bits per heavy atom. The van der Waals surface area contributed by atoms with Gasteiger partial charge in [-0.15, -0.1) is 0 Å². The lowest BCUT2D eigenvalue weighted by Crippen LogP contribution is -2.44. The minimum atomic E-state index is 0.304. The largest absolute Gasteiger partial charge is 0.329 e. The minimum Gasteiger partial charge on any atom is -0.329 e. The smallest absolute Gasteiger partial charge is 0.0538 e. The maximum absolute atomic E-state index is 6.03. The van der Waals surface area contributed by atoms with E-state index in [1.807, 2.05) is 10.9 Å². The van der Waals surface area contributed by atoms with Gasteiger partial charge >= 0.3 is 0 Å². The van der Waals surface area contributed by atoms with Crippen molar-refractivity contribution in [2.45, 2.75) is 50.3 Å². The fraction of sp³-hybridized carbons (Fsp3) is 0.786. The summed E-state index contributed by atoms with van der Waals surface area (Å²) in [6.07, 6.45) is 4.13. The third-order valence-corrected chi connectivity index (χ3v) is 4.87. The van der Waals surface area contributed by atoms with Crippen molar-refractivity contribution in [1.29, 1.82) is 0 Å². The fourth-order valence-corrected chi connectivity index (χ4v) is 4.12. The van der Waals surface area contributed by atoms with Crippen LogP contribution in [0.5, 0.6) is 0 Å². The predicted molar refractivity (Wildman–Crippen MR) is 82.5 cm³/mol. The molecule has 0 spiro atoms. The van der Waals surface area contributed by atoms with Crippen LogP contribution < -0.4 is 5.73 Å². The number of aromatic nitrogens is 2. The number of hydrogen-bond donors (Lipinski definition) is 1.